The molecule has 3 aliphatic heterocycles. The molecule has 0 bridgehead atoms. The molecule has 2 aliphatic carbocycles. The molecular formula is C54H55BN2O2. The second-order valence-corrected chi connectivity index (χ2v) is 20.7. The molecule has 59 heavy (non-hydrogen) atoms. The van der Waals surface area contributed by atoms with Gasteiger partial charge in [-0.3, -0.25) is 0 Å². The van der Waals surface area contributed by atoms with Crippen molar-refractivity contribution in [2.45, 2.75) is 92.9 Å². The predicted octanol–water partition coefficient (Wildman–Crippen LogP) is 11.5. The maximum absolute atomic E-state index is 6.54. The van der Waals surface area contributed by atoms with Gasteiger partial charge in [-0.05, 0) is 153 Å². The monoisotopic (exact) mass is 774 g/mol. The Labute approximate surface area is 351 Å². The molecule has 6 aromatic carbocycles. The first kappa shape index (κ1) is 36.6. The molecule has 0 N–H and O–H groups in total. The van der Waals surface area contributed by atoms with E-state index in [0.29, 0.717) is 13.2 Å². The largest absolute Gasteiger partial charge is 0.490 e. The third-order valence-corrected chi connectivity index (χ3v) is 13.7. The van der Waals surface area contributed by atoms with Crippen LogP contribution in [0.25, 0.3) is 11.1 Å². The zero-order chi connectivity index (χ0) is 40.6. The van der Waals surface area contributed by atoms with Gasteiger partial charge in [0.25, 0.3) is 6.71 Å². The summed E-state index contributed by atoms with van der Waals surface area (Å²) < 4.78 is 13.0. The van der Waals surface area contributed by atoms with Crippen molar-refractivity contribution in [1.82, 2.24) is 0 Å². The molecule has 0 saturated heterocycles. The van der Waals surface area contributed by atoms with Crippen LogP contribution < -0.4 is 35.7 Å². The zero-order valence-corrected chi connectivity index (χ0v) is 36.1. The van der Waals surface area contributed by atoms with E-state index in [0.717, 1.165) is 49.3 Å². The highest BCUT2D eigenvalue weighted by Gasteiger charge is 2.46. The van der Waals surface area contributed by atoms with E-state index >= 15 is 0 Å². The summed E-state index contributed by atoms with van der Waals surface area (Å²) in [6.07, 6.45) is 5.27. The van der Waals surface area contributed by atoms with Gasteiger partial charge in [-0.15, -0.1) is 0 Å². The Morgan fingerprint density at radius 2 is 1.17 bits per heavy atom. The molecule has 296 valence electrons. The Bertz CT molecular complexity index is 2720. The van der Waals surface area contributed by atoms with E-state index in [1.807, 2.05) is 0 Å². The standard InChI is InChI=1S/C54H55BN2O2/c1-33-21-47-51-48(22-33)57(44-18-16-39(52(2,3)4)26-41(44)34-13-10-9-11-14-34)46-28-50-49(58-19-12-20-59-50)27-43(46)55(51)42-24-37-31-54(7,8)32-38(37)25-45(42)56(47)40-17-15-35-29-53(5,6)30-36(35)23-40/h9-11,13-18,21-28H,12,19-20,29-32H2,1-8H3. The van der Waals surface area contributed by atoms with Gasteiger partial charge in [0, 0.05) is 46.5 Å². The normalized spacial score (nSPS) is 17.8. The van der Waals surface area contributed by atoms with Crippen LogP contribution in [0, 0.1) is 17.8 Å². The number of anilines is 6. The molecule has 4 nitrogen and oxygen atoms in total. The van der Waals surface area contributed by atoms with Crippen LogP contribution in [0.2, 0.25) is 0 Å². The summed E-state index contributed by atoms with van der Waals surface area (Å²) in [5.74, 6) is 1.67. The minimum absolute atomic E-state index is 0.00616. The summed E-state index contributed by atoms with van der Waals surface area (Å²) >= 11 is 0. The van der Waals surface area contributed by atoms with Crippen molar-refractivity contribution in [3.05, 3.63) is 137 Å². The summed E-state index contributed by atoms with van der Waals surface area (Å²) in [5, 5.41) is 0. The molecule has 5 heteroatoms. The molecule has 0 saturated carbocycles. The number of fused-ring (bicyclic) bond motifs is 7. The van der Waals surface area contributed by atoms with Gasteiger partial charge >= 0.3 is 0 Å². The van der Waals surface area contributed by atoms with Crippen molar-refractivity contribution in [3.8, 4) is 22.6 Å². The van der Waals surface area contributed by atoms with Crippen molar-refractivity contribution in [2.75, 3.05) is 23.0 Å². The number of rotatable bonds is 3. The first-order valence-corrected chi connectivity index (χ1v) is 21.9. The van der Waals surface area contributed by atoms with Gasteiger partial charge < -0.3 is 19.3 Å². The molecule has 6 aromatic rings. The molecule has 0 amide bonds. The highest BCUT2D eigenvalue weighted by atomic mass is 16.5. The fourth-order valence-corrected chi connectivity index (χ4v) is 11.1. The lowest BCUT2D eigenvalue weighted by molar-refractivity contribution is 0.297. The van der Waals surface area contributed by atoms with Gasteiger partial charge in [-0.25, -0.2) is 0 Å². The van der Waals surface area contributed by atoms with Crippen LogP contribution in [-0.2, 0) is 31.1 Å². The molecule has 3 heterocycles. The van der Waals surface area contributed by atoms with Crippen LogP contribution >= 0.6 is 0 Å². The van der Waals surface area contributed by atoms with Gasteiger partial charge in [0.15, 0.2) is 11.5 Å². The summed E-state index contributed by atoms with van der Waals surface area (Å²) in [5.41, 5.74) is 22.8. The van der Waals surface area contributed by atoms with E-state index in [9.17, 15) is 0 Å². The minimum atomic E-state index is -0.0118. The maximum Gasteiger partial charge on any atom is 0.252 e. The smallest absolute Gasteiger partial charge is 0.252 e. The number of hydrogen-bond donors (Lipinski definition) is 0. The van der Waals surface area contributed by atoms with E-state index in [4.69, 9.17) is 9.47 Å². The zero-order valence-electron chi connectivity index (χ0n) is 36.1. The van der Waals surface area contributed by atoms with Gasteiger partial charge in [-0.1, -0.05) is 97.0 Å². The summed E-state index contributed by atoms with van der Waals surface area (Å²) in [7, 11) is 0. The van der Waals surface area contributed by atoms with Gasteiger partial charge in [-0.2, -0.15) is 0 Å². The van der Waals surface area contributed by atoms with Gasteiger partial charge in [0.05, 0.1) is 18.9 Å². The van der Waals surface area contributed by atoms with Crippen LogP contribution in [0.5, 0.6) is 11.5 Å². The lowest BCUT2D eigenvalue weighted by atomic mass is 9.33. The lowest BCUT2D eigenvalue weighted by Gasteiger charge is -2.45. The van der Waals surface area contributed by atoms with Crippen molar-refractivity contribution >= 4 is 57.2 Å². The van der Waals surface area contributed by atoms with Crippen molar-refractivity contribution in [1.29, 1.82) is 0 Å². The lowest BCUT2D eigenvalue weighted by Crippen LogP contribution is -2.61. The average molecular weight is 775 g/mol. The van der Waals surface area contributed by atoms with Gasteiger partial charge in [0.1, 0.15) is 0 Å². The molecular weight excluding hydrogens is 719 g/mol. The Kier molecular flexibility index (Phi) is 7.95. The number of aryl methyl sites for hydroxylation is 1. The van der Waals surface area contributed by atoms with Crippen molar-refractivity contribution in [3.63, 3.8) is 0 Å². The molecule has 0 atom stereocenters. The summed E-state index contributed by atoms with van der Waals surface area (Å²) in [4.78, 5) is 5.19. The second-order valence-electron chi connectivity index (χ2n) is 20.7. The van der Waals surface area contributed by atoms with E-state index in [1.54, 1.807) is 0 Å². The first-order valence-electron chi connectivity index (χ1n) is 21.9. The van der Waals surface area contributed by atoms with E-state index in [1.165, 1.54) is 89.3 Å². The van der Waals surface area contributed by atoms with E-state index in [2.05, 4.69) is 168 Å². The SMILES string of the molecule is Cc1cc2c3c(c1)N(c1ccc(C(C)(C)C)cc1-c1ccccc1)c1cc4c(cc1B3c1cc3c(cc1N2c1ccc2c(c1)CC(C)(C)C2)CC(C)(C)C3)OCCCO4. The topological polar surface area (TPSA) is 24.9 Å². The third-order valence-electron chi connectivity index (χ3n) is 13.7. The first-order chi connectivity index (χ1) is 28.2. The van der Waals surface area contributed by atoms with Gasteiger partial charge in [0.2, 0.25) is 0 Å². The molecule has 5 aliphatic rings. The third kappa shape index (κ3) is 5.93. The number of ether oxygens (including phenoxy) is 2. The van der Waals surface area contributed by atoms with E-state index in [-0.39, 0.29) is 23.0 Å². The second kappa shape index (κ2) is 12.8. The molecule has 0 unspecified atom stereocenters. The quantitative estimate of drug-likeness (QED) is 0.167. The van der Waals surface area contributed by atoms with Crippen LogP contribution in [0.4, 0.5) is 34.1 Å². The average Bonchev–Trinajstić information content (AvgIpc) is 3.55. The summed E-state index contributed by atoms with van der Waals surface area (Å²) in [6.45, 7) is 20.2. The maximum atomic E-state index is 6.54. The Hall–Kier alpha value is -5.42. The molecule has 0 spiro atoms. The number of hydrogen-bond acceptors (Lipinski definition) is 4. The summed E-state index contributed by atoms with van der Waals surface area (Å²) in [6, 6.07) is 40.1. The minimum Gasteiger partial charge on any atom is -0.490 e. The molecule has 0 radical (unpaired) electrons. The highest BCUT2D eigenvalue weighted by molar-refractivity contribution is 7.00. The molecule has 0 aromatic heterocycles. The van der Waals surface area contributed by atoms with Crippen molar-refractivity contribution < 1.29 is 9.47 Å². The van der Waals surface area contributed by atoms with Crippen molar-refractivity contribution in [2.24, 2.45) is 10.8 Å². The highest BCUT2D eigenvalue weighted by Crippen LogP contribution is 2.51. The van der Waals surface area contributed by atoms with Crippen LogP contribution in [0.3, 0.4) is 0 Å². The molecule has 11 rings (SSSR count). The Balaban J connectivity index is 1.23. The number of nitrogens with zero attached hydrogens (tertiary/aromatic N) is 2. The van der Waals surface area contributed by atoms with E-state index < -0.39 is 0 Å². The van der Waals surface area contributed by atoms with Crippen LogP contribution in [-0.4, -0.2) is 19.9 Å². The van der Waals surface area contributed by atoms with Crippen LogP contribution in [0.1, 0.15) is 88.3 Å². The Morgan fingerprint density at radius 1 is 0.559 bits per heavy atom. The molecule has 0 fully saturated rings. The van der Waals surface area contributed by atoms with Crippen LogP contribution in [0.15, 0.2) is 103 Å². The predicted molar refractivity (Wildman–Crippen MR) is 247 cm³/mol. The fraction of sp³-hybridized carbons (Fsp3) is 0.333. The fourth-order valence-electron chi connectivity index (χ4n) is 11.1. The Morgan fingerprint density at radius 3 is 1.88 bits per heavy atom. The number of benzene rings is 6.